The predicted octanol–water partition coefficient (Wildman–Crippen LogP) is -1.05. The molecule has 4 N–H and O–H groups in total. The van der Waals surface area contributed by atoms with Gasteiger partial charge in [0.1, 0.15) is 0 Å². The van der Waals surface area contributed by atoms with Gasteiger partial charge in [-0.25, -0.2) is 0 Å². The molecular weight excluding hydrogens is 234 g/mol. The van der Waals surface area contributed by atoms with Gasteiger partial charge in [0.2, 0.25) is 0 Å². The molecule has 0 aromatic heterocycles. The van der Waals surface area contributed by atoms with Crippen molar-refractivity contribution in [3.63, 3.8) is 0 Å². The van der Waals surface area contributed by atoms with Crippen LogP contribution in [0.25, 0.3) is 0 Å². The highest BCUT2D eigenvalue weighted by molar-refractivity contribution is 5.16. The van der Waals surface area contributed by atoms with Crippen molar-refractivity contribution >= 4 is 0 Å². The third kappa shape index (κ3) is 2.41. The lowest BCUT2D eigenvalue weighted by molar-refractivity contribution is 0.0130. The van der Waals surface area contributed by atoms with Crippen LogP contribution in [0, 0.1) is 0 Å². The third-order valence-corrected chi connectivity index (χ3v) is 3.57. The normalized spacial score (nSPS) is 32.9. The molecule has 5 heteroatoms. The summed E-state index contributed by atoms with van der Waals surface area (Å²) >= 11 is 0. The summed E-state index contributed by atoms with van der Waals surface area (Å²) in [5.41, 5.74) is 1.01. The molecule has 1 fully saturated rings. The molecule has 0 radical (unpaired) electrons. The highest BCUT2D eigenvalue weighted by Crippen LogP contribution is 2.26. The van der Waals surface area contributed by atoms with Crippen molar-refractivity contribution in [2.45, 2.75) is 30.8 Å². The molecule has 0 bridgehead atoms. The van der Waals surface area contributed by atoms with Crippen LogP contribution in [-0.4, -0.2) is 62.8 Å². The van der Waals surface area contributed by atoms with Gasteiger partial charge in [-0.05, 0) is 5.56 Å². The van der Waals surface area contributed by atoms with E-state index in [1.165, 1.54) is 0 Å². The summed E-state index contributed by atoms with van der Waals surface area (Å²) < 4.78 is 0. The number of rotatable bonds is 4. The Hall–Kier alpha value is -0.980. The lowest BCUT2D eigenvalue weighted by Gasteiger charge is -2.28. The summed E-state index contributed by atoms with van der Waals surface area (Å²) in [6.45, 7) is -0.0193. The number of hydrogen-bond acceptors (Lipinski definition) is 5. The maximum absolute atomic E-state index is 9.84. The number of likely N-dealkylation sites (tertiary alicyclic amines) is 1. The lowest BCUT2D eigenvalue weighted by Crippen LogP contribution is -2.42. The van der Waals surface area contributed by atoms with Crippen LogP contribution in [0.15, 0.2) is 30.3 Å². The Morgan fingerprint density at radius 2 is 1.39 bits per heavy atom. The first-order valence-corrected chi connectivity index (χ1v) is 6.06. The van der Waals surface area contributed by atoms with Gasteiger partial charge in [-0.1, -0.05) is 30.3 Å². The molecule has 2 rings (SSSR count). The van der Waals surface area contributed by atoms with Gasteiger partial charge < -0.3 is 20.4 Å². The van der Waals surface area contributed by atoms with Crippen LogP contribution in [-0.2, 0) is 6.54 Å². The Morgan fingerprint density at radius 3 is 1.83 bits per heavy atom. The molecule has 100 valence electrons. The van der Waals surface area contributed by atoms with E-state index in [0.29, 0.717) is 6.54 Å². The molecule has 0 amide bonds. The molecule has 0 unspecified atom stereocenters. The molecule has 0 spiro atoms. The van der Waals surface area contributed by atoms with E-state index in [1.54, 1.807) is 4.90 Å². The van der Waals surface area contributed by atoms with Crippen LogP contribution in [0.1, 0.15) is 5.56 Å². The molecule has 1 heterocycles. The zero-order valence-electron chi connectivity index (χ0n) is 10.1. The van der Waals surface area contributed by atoms with E-state index in [1.807, 2.05) is 30.3 Å². The summed E-state index contributed by atoms with van der Waals surface area (Å²) in [4.78, 5) is 1.75. The average Bonchev–Trinajstić information content (AvgIpc) is 2.62. The fourth-order valence-electron chi connectivity index (χ4n) is 2.55. The van der Waals surface area contributed by atoms with Crippen LogP contribution in [0.5, 0.6) is 0 Å². The van der Waals surface area contributed by atoms with Crippen molar-refractivity contribution in [3.8, 4) is 0 Å². The fourth-order valence-corrected chi connectivity index (χ4v) is 2.55. The van der Waals surface area contributed by atoms with Crippen molar-refractivity contribution < 1.29 is 20.4 Å². The van der Waals surface area contributed by atoms with E-state index in [2.05, 4.69) is 0 Å². The molecule has 1 aromatic rings. The quantitative estimate of drug-likeness (QED) is 0.550. The van der Waals surface area contributed by atoms with Crippen LogP contribution < -0.4 is 0 Å². The summed E-state index contributed by atoms with van der Waals surface area (Å²) in [5.74, 6) is 0. The minimum absolute atomic E-state index is 0.248. The molecule has 4 atom stereocenters. The minimum atomic E-state index is -1.03. The van der Waals surface area contributed by atoms with Crippen LogP contribution in [0.3, 0.4) is 0 Å². The van der Waals surface area contributed by atoms with Gasteiger partial charge in [0.25, 0.3) is 0 Å². The summed E-state index contributed by atoms with van der Waals surface area (Å²) in [6.07, 6.45) is -2.06. The van der Waals surface area contributed by atoms with Gasteiger partial charge in [0, 0.05) is 6.54 Å². The molecule has 1 aromatic carbocycles. The van der Waals surface area contributed by atoms with Gasteiger partial charge in [-0.3, -0.25) is 4.90 Å². The largest absolute Gasteiger partial charge is 0.395 e. The van der Waals surface area contributed by atoms with Gasteiger partial charge in [-0.15, -0.1) is 0 Å². The van der Waals surface area contributed by atoms with Crippen molar-refractivity contribution in [1.82, 2.24) is 4.90 Å². The van der Waals surface area contributed by atoms with Crippen molar-refractivity contribution in [2.24, 2.45) is 0 Å². The standard InChI is InChI=1S/C13H19NO4/c15-7-10-12(17)13(18)11(8-16)14(10)6-9-4-2-1-3-5-9/h1-5,10-13,15-18H,6-8H2/t10-,11-,12-,13-/m1/s1. The second-order valence-electron chi connectivity index (χ2n) is 4.64. The summed E-state index contributed by atoms with van der Waals surface area (Å²) in [5, 5.41) is 38.3. The zero-order chi connectivity index (χ0) is 13.1. The highest BCUT2D eigenvalue weighted by atomic mass is 16.3. The highest BCUT2D eigenvalue weighted by Gasteiger charge is 2.46. The number of aliphatic hydroxyl groups excluding tert-OH is 4. The maximum Gasteiger partial charge on any atom is 0.0992 e. The smallest absolute Gasteiger partial charge is 0.0992 e. The van der Waals surface area contributed by atoms with Crippen molar-refractivity contribution in [1.29, 1.82) is 0 Å². The Kier molecular flexibility index (Phi) is 4.31. The first kappa shape index (κ1) is 13.5. The number of nitrogens with zero attached hydrogens (tertiary/aromatic N) is 1. The Balaban J connectivity index is 2.18. The molecule has 18 heavy (non-hydrogen) atoms. The average molecular weight is 253 g/mol. The van der Waals surface area contributed by atoms with Crippen LogP contribution in [0.2, 0.25) is 0 Å². The van der Waals surface area contributed by atoms with Crippen molar-refractivity contribution in [2.75, 3.05) is 13.2 Å². The number of benzene rings is 1. The van der Waals surface area contributed by atoms with E-state index in [9.17, 15) is 20.4 Å². The Morgan fingerprint density at radius 1 is 0.889 bits per heavy atom. The SMILES string of the molecule is OC[C@@H]1[C@@H](O)[C@H](O)[C@@H](CO)N1Cc1ccccc1. The van der Waals surface area contributed by atoms with E-state index < -0.39 is 24.3 Å². The number of hydrogen-bond donors (Lipinski definition) is 4. The minimum Gasteiger partial charge on any atom is -0.395 e. The first-order valence-electron chi connectivity index (χ1n) is 6.06. The second kappa shape index (κ2) is 5.77. The zero-order valence-corrected chi connectivity index (χ0v) is 10.1. The van der Waals surface area contributed by atoms with Crippen molar-refractivity contribution in [3.05, 3.63) is 35.9 Å². The van der Waals surface area contributed by atoms with Gasteiger partial charge in [0.05, 0.1) is 37.5 Å². The molecule has 0 saturated carbocycles. The molecule has 1 aliphatic rings. The van der Waals surface area contributed by atoms with E-state index in [0.717, 1.165) is 5.56 Å². The predicted molar refractivity (Wildman–Crippen MR) is 65.7 cm³/mol. The van der Waals surface area contributed by atoms with E-state index >= 15 is 0 Å². The van der Waals surface area contributed by atoms with E-state index in [-0.39, 0.29) is 13.2 Å². The van der Waals surface area contributed by atoms with Gasteiger partial charge >= 0.3 is 0 Å². The van der Waals surface area contributed by atoms with Gasteiger partial charge in [-0.2, -0.15) is 0 Å². The fraction of sp³-hybridized carbons (Fsp3) is 0.538. The Labute approximate surface area is 106 Å². The maximum atomic E-state index is 9.84. The van der Waals surface area contributed by atoms with E-state index in [4.69, 9.17) is 0 Å². The topological polar surface area (TPSA) is 84.2 Å². The molecule has 1 aliphatic heterocycles. The Bertz CT molecular complexity index is 357. The molecule has 5 nitrogen and oxygen atoms in total. The number of aliphatic hydroxyl groups is 4. The summed E-state index contributed by atoms with van der Waals surface area (Å²) in [6, 6.07) is 8.49. The lowest BCUT2D eigenvalue weighted by atomic mass is 10.1. The molecular formula is C13H19NO4. The van der Waals surface area contributed by atoms with Gasteiger partial charge in [0.15, 0.2) is 0 Å². The monoisotopic (exact) mass is 253 g/mol. The van der Waals surface area contributed by atoms with Crippen LogP contribution in [0.4, 0.5) is 0 Å². The van der Waals surface area contributed by atoms with Crippen LogP contribution >= 0.6 is 0 Å². The second-order valence-corrected chi connectivity index (χ2v) is 4.64. The molecule has 1 saturated heterocycles. The first-order chi connectivity index (χ1) is 8.69. The molecule has 0 aliphatic carbocycles. The summed E-state index contributed by atoms with van der Waals surface area (Å²) in [7, 11) is 0. The third-order valence-electron chi connectivity index (χ3n) is 3.57.